The van der Waals surface area contributed by atoms with Crippen LogP contribution in [-0.2, 0) is 6.42 Å². The van der Waals surface area contributed by atoms with Crippen molar-refractivity contribution in [2.24, 2.45) is 0 Å². The molecule has 0 radical (unpaired) electrons. The lowest BCUT2D eigenvalue weighted by molar-refractivity contribution is 0.415. The molecule has 4 heteroatoms. The van der Waals surface area contributed by atoms with Crippen LogP contribution in [0.25, 0.3) is 11.0 Å². The van der Waals surface area contributed by atoms with E-state index in [-0.39, 0.29) is 0 Å². The summed E-state index contributed by atoms with van der Waals surface area (Å²) in [5, 5.41) is 3.33. The molecule has 108 valence electrons. The van der Waals surface area contributed by atoms with Gasteiger partial charge < -0.3 is 15.0 Å². The second-order valence-corrected chi connectivity index (χ2v) is 4.98. The maximum atomic E-state index is 5.21. The van der Waals surface area contributed by atoms with Gasteiger partial charge in [-0.15, -0.1) is 0 Å². The van der Waals surface area contributed by atoms with Gasteiger partial charge >= 0.3 is 0 Å². The number of fused-ring (bicyclic) bond motifs is 1. The van der Waals surface area contributed by atoms with E-state index in [0.717, 1.165) is 42.1 Å². The Morgan fingerprint density at radius 2 is 2.00 bits per heavy atom. The first kappa shape index (κ1) is 13.5. The minimum absolute atomic E-state index is 0.811. The van der Waals surface area contributed by atoms with Crippen molar-refractivity contribution >= 4 is 17.0 Å². The normalized spacial score (nSPS) is 10.7. The summed E-state index contributed by atoms with van der Waals surface area (Å²) in [7, 11) is 1.67. The number of nitrogens with one attached hydrogen (secondary N) is 2. The third-order valence-corrected chi connectivity index (χ3v) is 3.47. The van der Waals surface area contributed by atoms with Gasteiger partial charge in [0.2, 0.25) is 5.95 Å². The number of hydrogen-bond donors (Lipinski definition) is 2. The molecule has 0 bridgehead atoms. The van der Waals surface area contributed by atoms with Gasteiger partial charge in [-0.25, -0.2) is 4.98 Å². The number of ether oxygens (including phenoxy) is 1. The van der Waals surface area contributed by atoms with E-state index in [9.17, 15) is 0 Å². The lowest BCUT2D eigenvalue weighted by Gasteiger charge is -2.03. The lowest BCUT2D eigenvalue weighted by atomic mass is 10.1. The number of anilines is 1. The number of aromatic nitrogens is 2. The van der Waals surface area contributed by atoms with Gasteiger partial charge in [0.15, 0.2) is 0 Å². The number of imidazole rings is 1. The van der Waals surface area contributed by atoms with Gasteiger partial charge in [0.1, 0.15) is 5.75 Å². The van der Waals surface area contributed by atoms with Gasteiger partial charge in [-0.2, -0.15) is 0 Å². The number of rotatable bonds is 6. The molecule has 2 N–H and O–H groups in total. The van der Waals surface area contributed by atoms with Crippen LogP contribution in [0, 0.1) is 0 Å². The van der Waals surface area contributed by atoms with Gasteiger partial charge in [0.25, 0.3) is 0 Å². The Bertz CT molecular complexity index is 706. The number of hydrogen-bond acceptors (Lipinski definition) is 3. The van der Waals surface area contributed by atoms with Gasteiger partial charge in [-0.05, 0) is 30.5 Å². The first-order valence-corrected chi connectivity index (χ1v) is 7.17. The Kier molecular flexibility index (Phi) is 4.05. The van der Waals surface area contributed by atoms with Crippen molar-refractivity contribution in [2.45, 2.75) is 12.8 Å². The second kappa shape index (κ2) is 6.31. The third kappa shape index (κ3) is 3.34. The third-order valence-electron chi connectivity index (χ3n) is 3.47. The highest BCUT2D eigenvalue weighted by atomic mass is 16.5. The Morgan fingerprint density at radius 3 is 2.81 bits per heavy atom. The Morgan fingerprint density at radius 1 is 1.14 bits per heavy atom. The van der Waals surface area contributed by atoms with Crippen molar-refractivity contribution in [1.82, 2.24) is 9.97 Å². The SMILES string of the molecule is COc1ccc2nc(NCCCc3ccccc3)[nH]c2c1. The molecule has 0 fully saturated rings. The first-order valence-electron chi connectivity index (χ1n) is 7.17. The van der Waals surface area contributed by atoms with Crippen LogP contribution in [-0.4, -0.2) is 23.6 Å². The molecule has 0 atom stereocenters. The molecule has 3 rings (SSSR count). The highest BCUT2D eigenvalue weighted by molar-refractivity contribution is 5.79. The lowest BCUT2D eigenvalue weighted by Crippen LogP contribution is -2.04. The van der Waals surface area contributed by atoms with E-state index in [1.165, 1.54) is 5.56 Å². The maximum Gasteiger partial charge on any atom is 0.201 e. The van der Waals surface area contributed by atoms with E-state index in [4.69, 9.17) is 4.74 Å². The van der Waals surface area contributed by atoms with E-state index in [2.05, 4.69) is 39.6 Å². The molecule has 0 aliphatic heterocycles. The highest BCUT2D eigenvalue weighted by Crippen LogP contribution is 2.20. The average molecular weight is 281 g/mol. The van der Waals surface area contributed by atoms with Crippen LogP contribution >= 0.6 is 0 Å². The smallest absolute Gasteiger partial charge is 0.201 e. The number of benzene rings is 2. The molecule has 3 aromatic rings. The zero-order valence-electron chi connectivity index (χ0n) is 12.1. The largest absolute Gasteiger partial charge is 0.497 e. The van der Waals surface area contributed by atoms with E-state index < -0.39 is 0 Å². The van der Waals surface area contributed by atoms with Gasteiger partial charge in [-0.3, -0.25) is 0 Å². The Hall–Kier alpha value is -2.49. The molecule has 1 aromatic heterocycles. The fourth-order valence-corrected chi connectivity index (χ4v) is 2.34. The molecular formula is C17H19N3O. The minimum Gasteiger partial charge on any atom is -0.497 e. The van der Waals surface area contributed by atoms with Crippen molar-refractivity contribution in [1.29, 1.82) is 0 Å². The summed E-state index contributed by atoms with van der Waals surface area (Å²) in [6.07, 6.45) is 2.15. The summed E-state index contributed by atoms with van der Waals surface area (Å²) in [5.74, 6) is 1.65. The zero-order chi connectivity index (χ0) is 14.5. The standard InChI is InChI=1S/C17H19N3O/c1-21-14-9-10-15-16(12-14)20-17(19-15)18-11-5-8-13-6-3-2-4-7-13/h2-4,6-7,9-10,12H,5,8,11H2,1H3,(H2,18,19,20). The summed E-state index contributed by atoms with van der Waals surface area (Å²) < 4.78 is 5.21. The van der Waals surface area contributed by atoms with Crippen LogP contribution in [0.3, 0.4) is 0 Å². The molecule has 0 aliphatic rings. The molecule has 0 spiro atoms. The highest BCUT2D eigenvalue weighted by Gasteiger charge is 2.03. The van der Waals surface area contributed by atoms with Gasteiger partial charge in [-0.1, -0.05) is 30.3 Å². The van der Waals surface area contributed by atoms with Crippen LogP contribution < -0.4 is 10.1 Å². The van der Waals surface area contributed by atoms with Crippen LogP contribution in [0.2, 0.25) is 0 Å². The second-order valence-electron chi connectivity index (χ2n) is 4.98. The van der Waals surface area contributed by atoms with E-state index >= 15 is 0 Å². The van der Waals surface area contributed by atoms with E-state index in [0.29, 0.717) is 0 Å². The van der Waals surface area contributed by atoms with Crippen molar-refractivity contribution in [3.05, 3.63) is 54.1 Å². The van der Waals surface area contributed by atoms with Gasteiger partial charge in [0.05, 0.1) is 18.1 Å². The Balaban J connectivity index is 1.55. The molecule has 0 amide bonds. The van der Waals surface area contributed by atoms with Crippen LogP contribution in [0.15, 0.2) is 48.5 Å². The van der Waals surface area contributed by atoms with Crippen molar-refractivity contribution in [3.63, 3.8) is 0 Å². The molecule has 1 heterocycles. The predicted octanol–water partition coefficient (Wildman–Crippen LogP) is 3.62. The molecule has 0 saturated carbocycles. The summed E-state index contributed by atoms with van der Waals surface area (Å²) in [6.45, 7) is 0.895. The molecule has 0 saturated heterocycles. The van der Waals surface area contributed by atoms with Gasteiger partial charge in [0, 0.05) is 12.6 Å². The van der Waals surface area contributed by atoms with Crippen molar-refractivity contribution in [3.8, 4) is 5.75 Å². The summed E-state index contributed by atoms with van der Waals surface area (Å²) in [6, 6.07) is 16.4. The number of methoxy groups -OCH3 is 1. The molecule has 0 unspecified atom stereocenters. The molecule has 21 heavy (non-hydrogen) atoms. The summed E-state index contributed by atoms with van der Waals surface area (Å²) >= 11 is 0. The average Bonchev–Trinajstić information content (AvgIpc) is 2.94. The molecular weight excluding hydrogens is 262 g/mol. The van der Waals surface area contributed by atoms with E-state index in [1.807, 2.05) is 24.3 Å². The fraction of sp³-hybridized carbons (Fsp3) is 0.235. The summed E-state index contributed by atoms with van der Waals surface area (Å²) in [4.78, 5) is 7.78. The van der Waals surface area contributed by atoms with Crippen LogP contribution in [0.5, 0.6) is 5.75 Å². The molecule has 0 aliphatic carbocycles. The summed E-state index contributed by atoms with van der Waals surface area (Å²) in [5.41, 5.74) is 3.30. The Labute approximate surface area is 124 Å². The van der Waals surface area contributed by atoms with Crippen LogP contribution in [0.4, 0.5) is 5.95 Å². The fourth-order valence-electron chi connectivity index (χ4n) is 2.34. The monoisotopic (exact) mass is 281 g/mol. The molecule has 4 nitrogen and oxygen atoms in total. The number of aryl methyl sites for hydroxylation is 1. The number of nitrogens with zero attached hydrogens (tertiary/aromatic N) is 1. The zero-order valence-corrected chi connectivity index (χ0v) is 12.1. The predicted molar refractivity (Wildman–Crippen MR) is 85.9 cm³/mol. The molecule has 2 aromatic carbocycles. The maximum absolute atomic E-state index is 5.21. The quantitative estimate of drug-likeness (QED) is 0.678. The van der Waals surface area contributed by atoms with Crippen LogP contribution in [0.1, 0.15) is 12.0 Å². The topological polar surface area (TPSA) is 49.9 Å². The van der Waals surface area contributed by atoms with Crippen molar-refractivity contribution in [2.75, 3.05) is 19.0 Å². The number of aromatic amines is 1. The van der Waals surface area contributed by atoms with E-state index in [1.54, 1.807) is 7.11 Å². The number of H-pyrrole nitrogens is 1. The minimum atomic E-state index is 0.811. The first-order chi connectivity index (χ1) is 10.3. The van der Waals surface area contributed by atoms with Crippen molar-refractivity contribution < 1.29 is 4.74 Å².